The number of Topliss-reactive ketones (excluding diaryl/α,β-unsaturated/α-hetero) is 1. The van der Waals surface area contributed by atoms with Crippen LogP contribution in [-0.4, -0.2) is 11.8 Å². The summed E-state index contributed by atoms with van der Waals surface area (Å²) in [5, 5.41) is 0.419. The van der Waals surface area contributed by atoms with Gasteiger partial charge >= 0.3 is 0 Å². The van der Waals surface area contributed by atoms with Crippen molar-refractivity contribution in [2.45, 2.75) is 26.3 Å². The molecule has 0 fully saturated rings. The summed E-state index contributed by atoms with van der Waals surface area (Å²) in [7, 11) is 0. The van der Waals surface area contributed by atoms with Gasteiger partial charge in [0.15, 0.2) is 5.78 Å². The molecule has 16 heavy (non-hydrogen) atoms. The molecule has 4 heteroatoms. The van der Waals surface area contributed by atoms with E-state index in [2.05, 4.69) is 0 Å². The smallest absolute Gasteiger partial charge is 0.154 e. The van der Waals surface area contributed by atoms with Crippen LogP contribution in [0.25, 0.3) is 0 Å². The van der Waals surface area contributed by atoms with Crippen LogP contribution in [0.3, 0.4) is 0 Å². The van der Waals surface area contributed by atoms with Gasteiger partial charge < -0.3 is 5.73 Å². The number of rotatable bonds is 4. The number of benzene rings is 1. The van der Waals surface area contributed by atoms with Crippen LogP contribution in [-0.2, 0) is 11.2 Å². The molecule has 0 heterocycles. The summed E-state index contributed by atoms with van der Waals surface area (Å²) >= 11 is 5.73. The summed E-state index contributed by atoms with van der Waals surface area (Å²) < 4.78 is 13.3. The Morgan fingerprint density at radius 3 is 2.69 bits per heavy atom. The van der Waals surface area contributed by atoms with Gasteiger partial charge in [0.05, 0.1) is 6.04 Å². The first-order valence-electron chi connectivity index (χ1n) is 5.14. The molecule has 1 atom stereocenters. The summed E-state index contributed by atoms with van der Waals surface area (Å²) in [6.45, 7) is 3.72. The van der Waals surface area contributed by atoms with Crippen molar-refractivity contribution in [1.29, 1.82) is 0 Å². The lowest BCUT2D eigenvalue weighted by atomic mass is 9.96. The van der Waals surface area contributed by atoms with Crippen LogP contribution in [0.5, 0.6) is 0 Å². The minimum absolute atomic E-state index is 0.00819. The Balaban J connectivity index is 2.80. The molecule has 0 aromatic heterocycles. The summed E-state index contributed by atoms with van der Waals surface area (Å²) in [6.07, 6.45) is -0.00819. The van der Waals surface area contributed by atoms with E-state index in [0.717, 1.165) is 0 Å². The first-order valence-corrected chi connectivity index (χ1v) is 5.52. The average molecular weight is 244 g/mol. The number of hydrogen-bond donors (Lipinski definition) is 1. The molecule has 1 unspecified atom stereocenters. The SMILES string of the molecule is CC(C)C(N)C(=O)Cc1cc(Cl)ccc1F. The minimum Gasteiger partial charge on any atom is -0.321 e. The molecule has 1 aromatic rings. The molecule has 0 bridgehead atoms. The van der Waals surface area contributed by atoms with Crippen LogP contribution in [0, 0.1) is 11.7 Å². The van der Waals surface area contributed by atoms with Gasteiger partial charge in [0.2, 0.25) is 0 Å². The highest BCUT2D eigenvalue weighted by atomic mass is 35.5. The van der Waals surface area contributed by atoms with Gasteiger partial charge in [-0.3, -0.25) is 4.79 Å². The number of hydrogen-bond acceptors (Lipinski definition) is 2. The fourth-order valence-corrected chi connectivity index (χ4v) is 1.55. The van der Waals surface area contributed by atoms with Crippen molar-refractivity contribution < 1.29 is 9.18 Å². The number of carbonyl (C=O) groups excluding carboxylic acids is 1. The highest BCUT2D eigenvalue weighted by Gasteiger charge is 2.18. The van der Waals surface area contributed by atoms with Gasteiger partial charge in [-0.2, -0.15) is 0 Å². The lowest BCUT2D eigenvalue weighted by molar-refractivity contribution is -0.120. The predicted molar refractivity (Wildman–Crippen MR) is 62.9 cm³/mol. The standard InChI is InChI=1S/C12H15ClFNO/c1-7(2)12(15)11(16)6-8-5-9(13)3-4-10(8)14/h3-5,7,12H,6,15H2,1-2H3. The summed E-state index contributed by atoms with van der Waals surface area (Å²) in [6, 6.07) is 3.61. The van der Waals surface area contributed by atoms with Gasteiger partial charge in [-0.05, 0) is 29.7 Å². The lowest BCUT2D eigenvalue weighted by Gasteiger charge is -2.14. The third kappa shape index (κ3) is 3.29. The zero-order valence-corrected chi connectivity index (χ0v) is 10.1. The highest BCUT2D eigenvalue weighted by molar-refractivity contribution is 6.30. The van der Waals surface area contributed by atoms with Crippen molar-refractivity contribution in [3.05, 3.63) is 34.6 Å². The Hall–Kier alpha value is -0.930. The molecule has 1 rings (SSSR count). The lowest BCUT2D eigenvalue weighted by Crippen LogP contribution is -2.36. The van der Waals surface area contributed by atoms with E-state index in [1.54, 1.807) is 0 Å². The third-order valence-corrected chi connectivity index (χ3v) is 2.70. The second-order valence-corrected chi connectivity index (χ2v) is 4.59. The molecule has 0 aliphatic heterocycles. The minimum atomic E-state index is -0.557. The van der Waals surface area contributed by atoms with Crippen LogP contribution < -0.4 is 5.73 Å². The largest absolute Gasteiger partial charge is 0.321 e. The molecule has 0 spiro atoms. The molecule has 0 saturated heterocycles. The average Bonchev–Trinajstić information content (AvgIpc) is 2.22. The van der Waals surface area contributed by atoms with E-state index < -0.39 is 11.9 Å². The predicted octanol–water partition coefficient (Wildman–Crippen LogP) is 2.57. The fraction of sp³-hybridized carbons (Fsp3) is 0.417. The van der Waals surface area contributed by atoms with E-state index in [0.29, 0.717) is 10.6 Å². The molecule has 2 N–H and O–H groups in total. The van der Waals surface area contributed by atoms with E-state index in [1.807, 2.05) is 13.8 Å². The van der Waals surface area contributed by atoms with E-state index in [-0.39, 0.29) is 18.1 Å². The zero-order valence-electron chi connectivity index (χ0n) is 9.34. The summed E-state index contributed by atoms with van der Waals surface area (Å²) in [5.41, 5.74) is 5.99. The van der Waals surface area contributed by atoms with Crippen molar-refractivity contribution in [1.82, 2.24) is 0 Å². The molecule has 1 aromatic carbocycles. The molecule has 0 amide bonds. The van der Waals surface area contributed by atoms with Gasteiger partial charge in [0.25, 0.3) is 0 Å². The van der Waals surface area contributed by atoms with Crippen molar-refractivity contribution >= 4 is 17.4 Å². The van der Waals surface area contributed by atoms with Gasteiger partial charge in [-0.1, -0.05) is 25.4 Å². The van der Waals surface area contributed by atoms with E-state index in [4.69, 9.17) is 17.3 Å². The van der Waals surface area contributed by atoms with Crippen LogP contribution in [0.4, 0.5) is 4.39 Å². The quantitative estimate of drug-likeness (QED) is 0.883. The summed E-state index contributed by atoms with van der Waals surface area (Å²) in [4.78, 5) is 11.7. The maximum absolute atomic E-state index is 13.3. The first kappa shape index (κ1) is 13.1. The fourth-order valence-electron chi connectivity index (χ4n) is 1.36. The molecule has 0 aliphatic rings. The maximum atomic E-state index is 13.3. The Morgan fingerprint density at radius 1 is 1.50 bits per heavy atom. The topological polar surface area (TPSA) is 43.1 Å². The Kier molecular flexibility index (Phi) is 4.44. The summed E-state index contributed by atoms with van der Waals surface area (Å²) in [5.74, 6) is -0.542. The van der Waals surface area contributed by atoms with Crippen LogP contribution in [0.15, 0.2) is 18.2 Å². The van der Waals surface area contributed by atoms with E-state index in [1.165, 1.54) is 18.2 Å². The molecule has 88 valence electrons. The molecule has 2 nitrogen and oxygen atoms in total. The number of halogens is 2. The second kappa shape index (κ2) is 5.41. The molecular formula is C12H15ClFNO. The van der Waals surface area contributed by atoms with Crippen molar-refractivity contribution in [2.24, 2.45) is 11.7 Å². The molecular weight excluding hydrogens is 229 g/mol. The van der Waals surface area contributed by atoms with E-state index in [9.17, 15) is 9.18 Å². The monoisotopic (exact) mass is 243 g/mol. The van der Waals surface area contributed by atoms with Crippen LogP contribution in [0.1, 0.15) is 19.4 Å². The number of nitrogens with two attached hydrogens (primary N) is 1. The second-order valence-electron chi connectivity index (χ2n) is 4.15. The van der Waals surface area contributed by atoms with Crippen LogP contribution in [0.2, 0.25) is 5.02 Å². The Morgan fingerprint density at radius 2 is 2.12 bits per heavy atom. The molecule has 0 radical (unpaired) electrons. The zero-order chi connectivity index (χ0) is 12.3. The number of carbonyl (C=O) groups is 1. The maximum Gasteiger partial charge on any atom is 0.154 e. The van der Waals surface area contributed by atoms with Gasteiger partial charge in [0.1, 0.15) is 5.82 Å². The van der Waals surface area contributed by atoms with Gasteiger partial charge in [-0.25, -0.2) is 4.39 Å². The third-order valence-electron chi connectivity index (χ3n) is 2.46. The molecule has 0 aliphatic carbocycles. The van der Waals surface area contributed by atoms with Gasteiger partial charge in [0, 0.05) is 11.4 Å². The van der Waals surface area contributed by atoms with Crippen molar-refractivity contribution in [3.8, 4) is 0 Å². The van der Waals surface area contributed by atoms with Crippen LogP contribution >= 0.6 is 11.6 Å². The van der Waals surface area contributed by atoms with Gasteiger partial charge in [-0.15, -0.1) is 0 Å². The van der Waals surface area contributed by atoms with Crippen molar-refractivity contribution in [2.75, 3.05) is 0 Å². The van der Waals surface area contributed by atoms with Crippen molar-refractivity contribution in [3.63, 3.8) is 0 Å². The Labute approximate surface area is 99.6 Å². The Bertz CT molecular complexity index is 393. The van der Waals surface area contributed by atoms with E-state index >= 15 is 0 Å². The molecule has 0 saturated carbocycles. The first-order chi connectivity index (χ1) is 7.41. The number of ketones is 1. The highest BCUT2D eigenvalue weighted by Crippen LogP contribution is 2.16. The normalized spacial score (nSPS) is 12.9.